The number of hydrogen-bond donors (Lipinski definition) is 0. The zero-order chi connectivity index (χ0) is 17.3. The quantitative estimate of drug-likeness (QED) is 0.655. The van der Waals surface area contributed by atoms with Gasteiger partial charge in [-0.25, -0.2) is 0 Å². The van der Waals surface area contributed by atoms with Gasteiger partial charge >= 0.3 is 0 Å². The molecule has 0 fully saturated rings. The molecule has 3 aromatic rings. The first-order chi connectivity index (χ1) is 11.5. The molecule has 0 aliphatic heterocycles. The van der Waals surface area contributed by atoms with Crippen LogP contribution in [0.15, 0.2) is 47.5 Å². The molecule has 0 aliphatic carbocycles. The van der Waals surface area contributed by atoms with Crippen molar-refractivity contribution in [2.24, 2.45) is 4.99 Å². The molecular weight excluding hydrogens is 344 g/mol. The maximum Gasteiger partial charge on any atom is 0.279 e. The van der Waals surface area contributed by atoms with Crippen LogP contribution in [0.2, 0.25) is 5.02 Å². The third-order valence-electron chi connectivity index (χ3n) is 3.70. The number of amides is 1. The van der Waals surface area contributed by atoms with Gasteiger partial charge in [-0.05, 0) is 44.2 Å². The number of thiazole rings is 1. The fourth-order valence-corrected chi connectivity index (χ4v) is 3.81. The largest absolute Gasteiger partial charge is 0.317 e. The zero-order valence-corrected chi connectivity index (χ0v) is 14.8. The van der Waals surface area contributed by atoms with Crippen LogP contribution in [0.4, 0.5) is 0 Å². The number of benzene rings is 2. The van der Waals surface area contributed by atoms with E-state index in [1.165, 1.54) is 18.3 Å². The molecule has 0 unspecified atom stereocenters. The van der Waals surface area contributed by atoms with E-state index in [2.05, 4.69) is 4.99 Å². The molecule has 6 heteroatoms. The molecule has 122 valence electrons. The van der Waals surface area contributed by atoms with Crippen LogP contribution in [-0.4, -0.2) is 16.3 Å². The van der Waals surface area contributed by atoms with Crippen LogP contribution in [-0.2, 0) is 6.54 Å². The van der Waals surface area contributed by atoms with Gasteiger partial charge in [-0.1, -0.05) is 35.1 Å². The first-order valence-corrected chi connectivity index (χ1v) is 8.68. The van der Waals surface area contributed by atoms with Crippen molar-refractivity contribution in [1.29, 1.82) is 0 Å². The summed E-state index contributed by atoms with van der Waals surface area (Å²) in [6.07, 6.45) is 0. The summed E-state index contributed by atoms with van der Waals surface area (Å²) in [7, 11) is 0. The lowest BCUT2D eigenvalue weighted by Gasteiger charge is -2.00. The Hall–Kier alpha value is -2.24. The lowest BCUT2D eigenvalue weighted by Crippen LogP contribution is -2.15. The van der Waals surface area contributed by atoms with Crippen LogP contribution in [0, 0.1) is 0 Å². The number of ketones is 1. The molecular formula is C18H15ClN2O2S. The number of fused-ring (bicyclic) bond motifs is 1. The number of carbonyl (C=O) groups is 2. The van der Waals surface area contributed by atoms with Crippen LogP contribution in [0.25, 0.3) is 10.2 Å². The second kappa shape index (κ2) is 6.71. The molecule has 2 aromatic carbocycles. The Morgan fingerprint density at radius 1 is 1.12 bits per heavy atom. The molecule has 0 atom stereocenters. The fraction of sp³-hybridized carbons (Fsp3) is 0.167. The Bertz CT molecular complexity index is 1000. The second-order valence-corrected chi connectivity index (χ2v) is 6.74. The average molecular weight is 359 g/mol. The Balaban J connectivity index is 2.05. The maximum absolute atomic E-state index is 12.4. The van der Waals surface area contributed by atoms with Crippen molar-refractivity contribution in [2.75, 3.05) is 0 Å². The molecule has 0 aliphatic rings. The number of carbonyl (C=O) groups excluding carboxylic acids is 2. The molecule has 3 rings (SSSR count). The van der Waals surface area contributed by atoms with Crippen molar-refractivity contribution in [1.82, 2.24) is 4.57 Å². The van der Waals surface area contributed by atoms with Gasteiger partial charge in [0.2, 0.25) is 0 Å². The Morgan fingerprint density at radius 3 is 2.42 bits per heavy atom. The van der Waals surface area contributed by atoms with E-state index in [4.69, 9.17) is 11.6 Å². The molecule has 0 saturated carbocycles. The van der Waals surface area contributed by atoms with E-state index < -0.39 is 0 Å². The van der Waals surface area contributed by atoms with E-state index in [9.17, 15) is 9.59 Å². The van der Waals surface area contributed by atoms with Crippen molar-refractivity contribution >= 4 is 44.8 Å². The zero-order valence-electron chi connectivity index (χ0n) is 13.2. The SMILES string of the molecule is CCn1c(=NC(=O)c2ccc(C(C)=O)cc2)sc2cc(Cl)ccc21. The van der Waals surface area contributed by atoms with Crippen molar-refractivity contribution in [3.05, 3.63) is 63.4 Å². The Kier molecular flexibility index (Phi) is 4.64. The van der Waals surface area contributed by atoms with Crippen molar-refractivity contribution in [2.45, 2.75) is 20.4 Å². The molecule has 1 amide bonds. The summed E-state index contributed by atoms with van der Waals surface area (Å²) in [5.74, 6) is -0.360. The number of aryl methyl sites for hydroxylation is 1. The van der Waals surface area contributed by atoms with Gasteiger partial charge in [-0.3, -0.25) is 9.59 Å². The van der Waals surface area contributed by atoms with Gasteiger partial charge in [-0.2, -0.15) is 4.99 Å². The molecule has 0 spiro atoms. The van der Waals surface area contributed by atoms with Gasteiger partial charge < -0.3 is 4.57 Å². The lowest BCUT2D eigenvalue weighted by molar-refractivity contribution is 0.0991. The minimum atomic E-state index is -0.329. The molecule has 0 bridgehead atoms. The number of hydrogen-bond acceptors (Lipinski definition) is 3. The second-order valence-electron chi connectivity index (χ2n) is 5.29. The van der Waals surface area contributed by atoms with Gasteiger partial charge in [0, 0.05) is 22.7 Å². The molecule has 4 nitrogen and oxygen atoms in total. The summed E-state index contributed by atoms with van der Waals surface area (Å²) in [5, 5.41) is 0.657. The monoisotopic (exact) mass is 358 g/mol. The summed E-state index contributed by atoms with van der Waals surface area (Å²) in [5.41, 5.74) is 2.04. The molecule has 24 heavy (non-hydrogen) atoms. The molecule has 1 heterocycles. The van der Waals surface area contributed by atoms with Crippen molar-refractivity contribution in [3.63, 3.8) is 0 Å². The first-order valence-electron chi connectivity index (χ1n) is 7.48. The third-order valence-corrected chi connectivity index (χ3v) is 4.97. The van der Waals surface area contributed by atoms with Crippen LogP contribution in [0.1, 0.15) is 34.6 Å². The smallest absolute Gasteiger partial charge is 0.279 e. The highest BCUT2D eigenvalue weighted by molar-refractivity contribution is 7.16. The maximum atomic E-state index is 12.4. The fourth-order valence-electron chi connectivity index (χ4n) is 2.44. The molecule has 0 N–H and O–H groups in total. The predicted octanol–water partition coefficient (Wildman–Crippen LogP) is 4.32. The van der Waals surface area contributed by atoms with E-state index >= 15 is 0 Å². The molecule has 0 saturated heterocycles. The van der Waals surface area contributed by atoms with E-state index in [0.29, 0.717) is 27.5 Å². The highest BCUT2D eigenvalue weighted by Crippen LogP contribution is 2.21. The number of Topliss-reactive ketones (excluding diaryl/α,β-unsaturated/α-hetero) is 1. The van der Waals surface area contributed by atoms with Gasteiger partial charge in [-0.15, -0.1) is 0 Å². The van der Waals surface area contributed by atoms with Gasteiger partial charge in [0.1, 0.15) is 0 Å². The normalized spacial score (nSPS) is 11.9. The van der Waals surface area contributed by atoms with E-state index in [1.807, 2.05) is 29.7 Å². The standard InChI is InChI=1S/C18H15ClN2O2S/c1-3-21-15-9-8-14(19)10-16(15)24-18(21)20-17(23)13-6-4-12(5-7-13)11(2)22/h4-10H,3H2,1-2H3. The van der Waals surface area contributed by atoms with Gasteiger partial charge in [0.15, 0.2) is 10.6 Å². The summed E-state index contributed by atoms with van der Waals surface area (Å²) < 4.78 is 2.97. The van der Waals surface area contributed by atoms with Crippen molar-refractivity contribution < 1.29 is 9.59 Å². The van der Waals surface area contributed by atoms with E-state index in [-0.39, 0.29) is 11.7 Å². The van der Waals surface area contributed by atoms with Crippen molar-refractivity contribution in [3.8, 4) is 0 Å². The Morgan fingerprint density at radius 2 is 1.79 bits per heavy atom. The first kappa shape index (κ1) is 16.6. The summed E-state index contributed by atoms with van der Waals surface area (Å²) in [4.78, 5) is 28.6. The average Bonchev–Trinajstić information content (AvgIpc) is 2.90. The Labute approximate surface area is 148 Å². The third kappa shape index (κ3) is 3.18. The predicted molar refractivity (Wildman–Crippen MR) is 96.8 cm³/mol. The van der Waals surface area contributed by atoms with Crippen LogP contribution in [0.5, 0.6) is 0 Å². The summed E-state index contributed by atoms with van der Waals surface area (Å²) >= 11 is 7.47. The number of halogens is 1. The number of aromatic nitrogens is 1. The van der Waals surface area contributed by atoms with Crippen LogP contribution < -0.4 is 4.80 Å². The topological polar surface area (TPSA) is 51.4 Å². The minimum absolute atomic E-state index is 0.0313. The summed E-state index contributed by atoms with van der Waals surface area (Å²) in [6, 6.07) is 12.2. The number of rotatable bonds is 3. The minimum Gasteiger partial charge on any atom is -0.317 e. The van der Waals surface area contributed by atoms with Gasteiger partial charge in [0.05, 0.1) is 10.2 Å². The lowest BCUT2D eigenvalue weighted by atomic mass is 10.1. The number of nitrogens with zero attached hydrogens (tertiary/aromatic N) is 2. The van der Waals surface area contributed by atoms with Crippen LogP contribution in [0.3, 0.4) is 0 Å². The molecule has 1 aromatic heterocycles. The van der Waals surface area contributed by atoms with Gasteiger partial charge in [0.25, 0.3) is 5.91 Å². The summed E-state index contributed by atoms with van der Waals surface area (Å²) in [6.45, 7) is 4.20. The van der Waals surface area contributed by atoms with Crippen LogP contribution >= 0.6 is 22.9 Å². The highest BCUT2D eigenvalue weighted by atomic mass is 35.5. The van der Waals surface area contributed by atoms with E-state index in [1.54, 1.807) is 24.3 Å². The molecule has 0 radical (unpaired) electrons. The highest BCUT2D eigenvalue weighted by Gasteiger charge is 2.09. The van der Waals surface area contributed by atoms with E-state index in [0.717, 1.165) is 10.2 Å².